The number of rotatable bonds is 4. The van der Waals surface area contributed by atoms with Crippen molar-refractivity contribution in [1.82, 2.24) is 9.62 Å². The number of amides is 1. The number of nitrogens with zero attached hydrogens (tertiary/aromatic N) is 1. The summed E-state index contributed by atoms with van der Waals surface area (Å²) in [6.07, 6.45) is 2.48. The molecule has 25 heavy (non-hydrogen) atoms. The Kier molecular flexibility index (Phi) is 4.82. The number of benzene rings is 1. The predicted octanol–water partition coefficient (Wildman–Crippen LogP) is 1.15. The van der Waals surface area contributed by atoms with Crippen molar-refractivity contribution in [3.63, 3.8) is 0 Å². The van der Waals surface area contributed by atoms with Crippen LogP contribution in [0.4, 0.5) is 0 Å². The van der Waals surface area contributed by atoms with Gasteiger partial charge in [0.15, 0.2) is 0 Å². The van der Waals surface area contributed by atoms with Gasteiger partial charge in [0, 0.05) is 24.4 Å². The molecule has 1 aromatic carbocycles. The van der Waals surface area contributed by atoms with E-state index in [9.17, 15) is 23.1 Å². The summed E-state index contributed by atoms with van der Waals surface area (Å²) >= 11 is 1.54. The molecule has 2 heterocycles. The van der Waals surface area contributed by atoms with Gasteiger partial charge in [-0.3, -0.25) is 9.59 Å². The van der Waals surface area contributed by atoms with Gasteiger partial charge in [0.1, 0.15) is 0 Å². The van der Waals surface area contributed by atoms with Crippen molar-refractivity contribution in [1.29, 1.82) is 0 Å². The molecule has 2 saturated heterocycles. The number of carboxylic acid groups (broad SMARTS) is 1. The Bertz CT molecular complexity index is 783. The molecule has 0 saturated carbocycles. The second kappa shape index (κ2) is 6.62. The largest absolute Gasteiger partial charge is 0.481 e. The van der Waals surface area contributed by atoms with Gasteiger partial charge in [0.25, 0.3) is 0 Å². The molecule has 0 bridgehead atoms. The third-order valence-electron chi connectivity index (χ3n) is 5.05. The summed E-state index contributed by atoms with van der Waals surface area (Å²) in [5, 5.41) is 12.2. The molecule has 0 unspecified atom stereocenters. The quantitative estimate of drug-likeness (QED) is 0.755. The van der Waals surface area contributed by atoms with Crippen LogP contribution in [0.5, 0.6) is 0 Å². The number of hydrogen-bond donors (Lipinski definition) is 2. The Morgan fingerprint density at radius 1 is 1.28 bits per heavy atom. The highest BCUT2D eigenvalue weighted by molar-refractivity contribution is 7.98. The lowest BCUT2D eigenvalue weighted by atomic mass is 9.78. The van der Waals surface area contributed by atoms with Crippen molar-refractivity contribution in [2.75, 3.05) is 19.3 Å². The van der Waals surface area contributed by atoms with Crippen LogP contribution in [0.2, 0.25) is 0 Å². The number of piperidine rings is 1. The minimum absolute atomic E-state index is 0.0434. The third kappa shape index (κ3) is 3.28. The number of thioether (sulfide) groups is 1. The molecular formula is C16H20N2O5S2. The molecule has 9 heteroatoms. The molecule has 2 fully saturated rings. The first kappa shape index (κ1) is 18.2. The van der Waals surface area contributed by atoms with Crippen molar-refractivity contribution in [2.45, 2.75) is 34.6 Å². The minimum Gasteiger partial charge on any atom is -0.481 e. The Hall–Kier alpha value is -1.58. The van der Waals surface area contributed by atoms with Gasteiger partial charge in [0.2, 0.25) is 15.9 Å². The second-order valence-corrected chi connectivity index (χ2v) is 9.20. The van der Waals surface area contributed by atoms with Crippen molar-refractivity contribution >= 4 is 33.7 Å². The summed E-state index contributed by atoms with van der Waals surface area (Å²) in [6.45, 7) is 0.382. The molecule has 2 aliphatic rings. The molecule has 1 atom stereocenters. The topological polar surface area (TPSA) is 104 Å². The monoisotopic (exact) mass is 384 g/mol. The smallest absolute Gasteiger partial charge is 0.309 e. The van der Waals surface area contributed by atoms with Gasteiger partial charge in [-0.2, -0.15) is 4.31 Å². The van der Waals surface area contributed by atoms with E-state index in [1.165, 1.54) is 16.1 Å². The molecule has 1 spiro atoms. The van der Waals surface area contributed by atoms with Crippen molar-refractivity contribution in [3.8, 4) is 0 Å². The molecule has 1 amide bonds. The fraction of sp³-hybridized carbons (Fsp3) is 0.500. The Balaban J connectivity index is 1.77. The molecule has 136 valence electrons. The fourth-order valence-corrected chi connectivity index (χ4v) is 5.47. The van der Waals surface area contributed by atoms with Crippen LogP contribution in [0.3, 0.4) is 0 Å². The van der Waals surface area contributed by atoms with Gasteiger partial charge >= 0.3 is 5.97 Å². The second-order valence-electron chi connectivity index (χ2n) is 6.38. The maximum atomic E-state index is 12.8. The number of sulfonamides is 1. The molecule has 1 aromatic rings. The first-order valence-electron chi connectivity index (χ1n) is 7.96. The Morgan fingerprint density at radius 2 is 1.88 bits per heavy atom. The van der Waals surface area contributed by atoms with E-state index in [2.05, 4.69) is 5.32 Å². The molecule has 3 rings (SSSR count). The van der Waals surface area contributed by atoms with E-state index in [0.717, 1.165) is 4.90 Å². The number of carbonyl (C=O) groups excluding carboxylic acids is 1. The molecule has 7 nitrogen and oxygen atoms in total. The van der Waals surface area contributed by atoms with Gasteiger partial charge in [0.05, 0.1) is 16.4 Å². The van der Waals surface area contributed by atoms with Gasteiger partial charge < -0.3 is 10.4 Å². The van der Waals surface area contributed by atoms with E-state index in [4.69, 9.17) is 0 Å². The van der Waals surface area contributed by atoms with Gasteiger partial charge in [-0.25, -0.2) is 8.42 Å². The van der Waals surface area contributed by atoms with E-state index >= 15 is 0 Å². The highest BCUT2D eigenvalue weighted by Gasteiger charge is 2.52. The van der Waals surface area contributed by atoms with E-state index in [1.807, 2.05) is 6.26 Å². The zero-order chi connectivity index (χ0) is 18.2. The summed E-state index contributed by atoms with van der Waals surface area (Å²) < 4.78 is 26.9. The lowest BCUT2D eigenvalue weighted by Gasteiger charge is -2.40. The minimum atomic E-state index is -3.62. The standard InChI is InChI=1S/C16H20N2O5S2/c1-24-11-2-4-12(5-3-11)25(22,23)18-8-6-16(7-9-18)13(15(20)21)10-14(19)17-16/h2-5,13H,6-10H2,1H3,(H,17,19)(H,20,21)/t13-/m1/s1. The molecular weight excluding hydrogens is 364 g/mol. The molecule has 2 aliphatic heterocycles. The number of nitrogens with one attached hydrogen (secondary N) is 1. The van der Waals surface area contributed by atoms with Gasteiger partial charge in [-0.1, -0.05) is 0 Å². The molecule has 0 radical (unpaired) electrons. The third-order valence-corrected chi connectivity index (χ3v) is 7.71. The summed E-state index contributed by atoms with van der Waals surface area (Å²) in [6, 6.07) is 6.70. The van der Waals surface area contributed by atoms with E-state index in [0.29, 0.717) is 12.8 Å². The number of carboxylic acids is 1. The van der Waals surface area contributed by atoms with Crippen molar-refractivity contribution in [2.24, 2.45) is 5.92 Å². The lowest BCUT2D eigenvalue weighted by molar-refractivity contribution is -0.144. The maximum absolute atomic E-state index is 12.8. The van der Waals surface area contributed by atoms with Gasteiger partial charge in [-0.15, -0.1) is 11.8 Å². The van der Waals surface area contributed by atoms with Crippen LogP contribution in [-0.4, -0.2) is 54.6 Å². The predicted molar refractivity (Wildman–Crippen MR) is 92.8 cm³/mol. The SMILES string of the molecule is CSc1ccc(S(=O)(=O)N2CCC3(CC2)NC(=O)C[C@@H]3C(=O)O)cc1. The van der Waals surface area contributed by atoms with E-state index in [-0.39, 0.29) is 30.3 Å². The normalized spacial score (nSPS) is 23.6. The fourth-order valence-electron chi connectivity index (χ4n) is 3.62. The number of hydrogen-bond acceptors (Lipinski definition) is 5. The number of aliphatic carboxylic acids is 1. The van der Waals surface area contributed by atoms with Crippen LogP contribution < -0.4 is 5.32 Å². The Labute approximate surface area is 150 Å². The van der Waals surface area contributed by atoms with Crippen LogP contribution in [0.25, 0.3) is 0 Å². The Morgan fingerprint density at radius 3 is 2.40 bits per heavy atom. The zero-order valence-corrected chi connectivity index (χ0v) is 15.4. The average molecular weight is 384 g/mol. The van der Waals surface area contributed by atoms with Crippen LogP contribution in [0.15, 0.2) is 34.1 Å². The highest BCUT2D eigenvalue weighted by Crippen LogP contribution is 2.38. The first-order valence-corrected chi connectivity index (χ1v) is 10.6. The van der Waals surface area contributed by atoms with Crippen LogP contribution in [0.1, 0.15) is 19.3 Å². The summed E-state index contributed by atoms with van der Waals surface area (Å²) in [5.41, 5.74) is -0.836. The van der Waals surface area contributed by atoms with Gasteiger partial charge in [-0.05, 0) is 43.4 Å². The first-order chi connectivity index (χ1) is 11.8. The van der Waals surface area contributed by atoms with Crippen LogP contribution in [-0.2, 0) is 19.6 Å². The maximum Gasteiger partial charge on any atom is 0.309 e. The summed E-state index contributed by atoms with van der Waals surface area (Å²) in [5.74, 6) is -2.09. The zero-order valence-electron chi connectivity index (χ0n) is 13.8. The molecule has 0 aliphatic carbocycles. The molecule has 0 aromatic heterocycles. The molecule has 2 N–H and O–H groups in total. The van der Waals surface area contributed by atoms with Crippen molar-refractivity contribution in [3.05, 3.63) is 24.3 Å². The lowest BCUT2D eigenvalue weighted by Crippen LogP contribution is -2.56. The average Bonchev–Trinajstić information content (AvgIpc) is 2.91. The summed E-state index contributed by atoms with van der Waals surface area (Å²) in [4.78, 5) is 24.3. The van der Waals surface area contributed by atoms with Crippen LogP contribution in [0, 0.1) is 5.92 Å². The van der Waals surface area contributed by atoms with Crippen molar-refractivity contribution < 1.29 is 23.1 Å². The highest BCUT2D eigenvalue weighted by atomic mass is 32.2. The number of carbonyl (C=O) groups is 2. The van der Waals surface area contributed by atoms with E-state index < -0.39 is 27.4 Å². The van der Waals surface area contributed by atoms with Crippen LogP contribution >= 0.6 is 11.8 Å². The summed E-state index contributed by atoms with van der Waals surface area (Å²) in [7, 11) is -3.62. The van der Waals surface area contributed by atoms with E-state index in [1.54, 1.807) is 24.3 Å².